The Morgan fingerprint density at radius 1 is 1.15 bits per heavy atom. The van der Waals surface area contributed by atoms with Crippen LogP contribution >= 0.6 is 0 Å². The molecule has 0 amide bonds. The first-order valence-electron chi connectivity index (χ1n) is 4.10. The van der Waals surface area contributed by atoms with Crippen molar-refractivity contribution in [3.63, 3.8) is 0 Å². The molecular weight excluding hydrogens is 177 g/mol. The standard InChI is InChI=1S/C10H11F3/c1-6(2)8-4-3-7(10(12)13)5-9(8)11/h3-6,10H,1-2H3. The fourth-order valence-corrected chi connectivity index (χ4v) is 1.15. The molecule has 0 N–H and O–H groups in total. The van der Waals surface area contributed by atoms with Crippen LogP contribution in [0.4, 0.5) is 13.2 Å². The summed E-state index contributed by atoms with van der Waals surface area (Å²) in [6.07, 6.45) is -2.60. The molecule has 1 rings (SSSR count). The van der Waals surface area contributed by atoms with E-state index in [0.717, 1.165) is 6.07 Å². The normalized spacial score (nSPS) is 11.3. The van der Waals surface area contributed by atoms with Crippen molar-refractivity contribution in [2.24, 2.45) is 0 Å². The van der Waals surface area contributed by atoms with Crippen molar-refractivity contribution in [1.82, 2.24) is 0 Å². The quantitative estimate of drug-likeness (QED) is 0.660. The molecule has 72 valence electrons. The van der Waals surface area contributed by atoms with Gasteiger partial charge in [0.1, 0.15) is 5.82 Å². The molecule has 0 saturated carbocycles. The zero-order chi connectivity index (χ0) is 10.0. The predicted octanol–water partition coefficient (Wildman–Crippen LogP) is 3.89. The minimum absolute atomic E-state index is 0.0201. The smallest absolute Gasteiger partial charge is 0.207 e. The summed E-state index contributed by atoms with van der Waals surface area (Å²) in [5.41, 5.74) is 0.214. The van der Waals surface area contributed by atoms with E-state index in [2.05, 4.69) is 0 Å². The van der Waals surface area contributed by atoms with Gasteiger partial charge in [-0.1, -0.05) is 26.0 Å². The highest BCUT2D eigenvalue weighted by Crippen LogP contribution is 2.24. The number of hydrogen-bond donors (Lipinski definition) is 0. The Labute approximate surface area is 75.4 Å². The van der Waals surface area contributed by atoms with Crippen molar-refractivity contribution >= 4 is 0 Å². The van der Waals surface area contributed by atoms with Crippen LogP contribution in [0.25, 0.3) is 0 Å². The molecular formula is C10H11F3. The van der Waals surface area contributed by atoms with Crippen molar-refractivity contribution in [3.8, 4) is 0 Å². The van der Waals surface area contributed by atoms with Crippen LogP contribution in [0, 0.1) is 5.82 Å². The molecule has 0 saturated heterocycles. The molecule has 0 atom stereocenters. The van der Waals surface area contributed by atoms with Gasteiger partial charge in [0.2, 0.25) is 0 Å². The van der Waals surface area contributed by atoms with E-state index < -0.39 is 12.2 Å². The number of hydrogen-bond acceptors (Lipinski definition) is 0. The largest absolute Gasteiger partial charge is 0.263 e. The van der Waals surface area contributed by atoms with Crippen LogP contribution in [0.5, 0.6) is 0 Å². The average Bonchev–Trinajstić information content (AvgIpc) is 2.03. The van der Waals surface area contributed by atoms with Crippen LogP contribution in [0.2, 0.25) is 0 Å². The third-order valence-electron chi connectivity index (χ3n) is 1.90. The van der Waals surface area contributed by atoms with Gasteiger partial charge < -0.3 is 0 Å². The highest BCUT2D eigenvalue weighted by atomic mass is 19.3. The van der Waals surface area contributed by atoms with Crippen LogP contribution in [-0.4, -0.2) is 0 Å². The Balaban J connectivity index is 3.06. The molecule has 0 unspecified atom stereocenters. The van der Waals surface area contributed by atoms with Gasteiger partial charge in [0.05, 0.1) is 0 Å². The molecule has 0 aliphatic carbocycles. The first-order valence-corrected chi connectivity index (χ1v) is 4.10. The predicted molar refractivity (Wildman–Crippen MR) is 45.4 cm³/mol. The van der Waals surface area contributed by atoms with E-state index in [1.165, 1.54) is 12.1 Å². The monoisotopic (exact) mass is 188 g/mol. The Kier molecular flexibility index (Phi) is 2.96. The molecule has 3 heteroatoms. The third-order valence-corrected chi connectivity index (χ3v) is 1.90. The second kappa shape index (κ2) is 3.81. The van der Waals surface area contributed by atoms with E-state index in [1.54, 1.807) is 0 Å². The van der Waals surface area contributed by atoms with Gasteiger partial charge in [-0.25, -0.2) is 13.2 Å². The zero-order valence-electron chi connectivity index (χ0n) is 7.52. The lowest BCUT2D eigenvalue weighted by molar-refractivity contribution is 0.151. The van der Waals surface area contributed by atoms with E-state index >= 15 is 0 Å². The molecule has 1 aromatic carbocycles. The summed E-state index contributed by atoms with van der Waals surface area (Å²) in [6, 6.07) is 3.59. The first kappa shape index (κ1) is 10.1. The number of alkyl halides is 2. The maximum Gasteiger partial charge on any atom is 0.263 e. The summed E-state index contributed by atoms with van der Waals surface area (Å²) < 4.78 is 37.4. The summed E-state index contributed by atoms with van der Waals surface area (Å²) >= 11 is 0. The highest BCUT2D eigenvalue weighted by molar-refractivity contribution is 5.27. The summed E-state index contributed by atoms with van der Waals surface area (Å²) in [5, 5.41) is 0. The van der Waals surface area contributed by atoms with Gasteiger partial charge in [0.25, 0.3) is 6.43 Å². The second-order valence-electron chi connectivity index (χ2n) is 3.24. The molecule has 0 fully saturated rings. The number of rotatable bonds is 2. The Morgan fingerprint density at radius 3 is 2.15 bits per heavy atom. The van der Waals surface area contributed by atoms with Gasteiger partial charge in [0.15, 0.2) is 0 Å². The number of benzene rings is 1. The van der Waals surface area contributed by atoms with Crippen LogP contribution in [-0.2, 0) is 0 Å². The molecule has 0 spiro atoms. The van der Waals surface area contributed by atoms with Crippen molar-refractivity contribution in [2.75, 3.05) is 0 Å². The Hall–Kier alpha value is -0.990. The van der Waals surface area contributed by atoms with E-state index in [4.69, 9.17) is 0 Å². The summed E-state index contributed by atoms with van der Waals surface area (Å²) in [6.45, 7) is 3.64. The lowest BCUT2D eigenvalue weighted by Gasteiger charge is -2.08. The maximum absolute atomic E-state index is 13.1. The highest BCUT2D eigenvalue weighted by Gasteiger charge is 2.11. The minimum Gasteiger partial charge on any atom is -0.207 e. The van der Waals surface area contributed by atoms with Gasteiger partial charge in [-0.05, 0) is 17.5 Å². The van der Waals surface area contributed by atoms with Gasteiger partial charge >= 0.3 is 0 Å². The molecule has 1 aromatic rings. The Morgan fingerprint density at radius 2 is 1.77 bits per heavy atom. The van der Waals surface area contributed by atoms with Crippen LogP contribution < -0.4 is 0 Å². The van der Waals surface area contributed by atoms with Crippen molar-refractivity contribution in [1.29, 1.82) is 0 Å². The van der Waals surface area contributed by atoms with Gasteiger partial charge in [-0.15, -0.1) is 0 Å². The molecule has 0 aliphatic rings. The maximum atomic E-state index is 13.1. The van der Waals surface area contributed by atoms with Gasteiger partial charge in [0, 0.05) is 5.56 Å². The van der Waals surface area contributed by atoms with Crippen LogP contribution in [0.1, 0.15) is 37.3 Å². The fraction of sp³-hybridized carbons (Fsp3) is 0.400. The summed E-state index contributed by atoms with van der Waals surface area (Å²) in [4.78, 5) is 0. The minimum atomic E-state index is -2.60. The topological polar surface area (TPSA) is 0 Å². The van der Waals surface area contributed by atoms with Crippen LogP contribution in [0.15, 0.2) is 18.2 Å². The number of halogens is 3. The molecule has 0 aromatic heterocycles. The van der Waals surface area contributed by atoms with E-state index in [0.29, 0.717) is 5.56 Å². The second-order valence-corrected chi connectivity index (χ2v) is 3.24. The van der Waals surface area contributed by atoms with Crippen molar-refractivity contribution < 1.29 is 13.2 Å². The fourth-order valence-electron chi connectivity index (χ4n) is 1.15. The summed E-state index contributed by atoms with van der Waals surface area (Å²) in [7, 11) is 0. The SMILES string of the molecule is CC(C)c1ccc(C(F)F)cc1F. The van der Waals surface area contributed by atoms with Crippen molar-refractivity contribution in [3.05, 3.63) is 35.1 Å². The molecule has 0 aliphatic heterocycles. The lowest BCUT2D eigenvalue weighted by atomic mass is 10.0. The molecule has 0 bridgehead atoms. The average molecular weight is 188 g/mol. The lowest BCUT2D eigenvalue weighted by Crippen LogP contribution is -1.95. The van der Waals surface area contributed by atoms with Crippen LogP contribution in [0.3, 0.4) is 0 Å². The van der Waals surface area contributed by atoms with Crippen molar-refractivity contribution in [2.45, 2.75) is 26.2 Å². The Bertz CT molecular complexity index is 292. The van der Waals surface area contributed by atoms with Gasteiger partial charge in [-0.2, -0.15) is 0 Å². The van der Waals surface area contributed by atoms with E-state index in [9.17, 15) is 13.2 Å². The third kappa shape index (κ3) is 2.23. The van der Waals surface area contributed by atoms with Gasteiger partial charge in [-0.3, -0.25) is 0 Å². The molecule has 0 radical (unpaired) electrons. The first-order chi connectivity index (χ1) is 6.02. The molecule has 0 nitrogen and oxygen atoms in total. The molecule has 0 heterocycles. The summed E-state index contributed by atoms with van der Waals surface area (Å²) in [5.74, 6) is -0.528. The molecule has 13 heavy (non-hydrogen) atoms. The van der Waals surface area contributed by atoms with E-state index in [-0.39, 0.29) is 11.5 Å². The van der Waals surface area contributed by atoms with E-state index in [1.807, 2.05) is 13.8 Å². The zero-order valence-corrected chi connectivity index (χ0v) is 7.52.